The van der Waals surface area contributed by atoms with Gasteiger partial charge in [0, 0.05) is 50.9 Å². The number of nitrogens with one attached hydrogen (secondary N) is 1. The fourth-order valence-electron chi connectivity index (χ4n) is 4.63. The van der Waals surface area contributed by atoms with Gasteiger partial charge in [0.25, 0.3) is 0 Å². The van der Waals surface area contributed by atoms with Crippen LogP contribution in [0.1, 0.15) is 36.7 Å². The number of hydrogen-bond donors (Lipinski definition) is 1. The number of halogens is 1. The van der Waals surface area contributed by atoms with Crippen molar-refractivity contribution in [2.24, 2.45) is 0 Å². The number of imidazole rings is 1. The molecule has 0 radical (unpaired) electrons. The first-order chi connectivity index (χ1) is 15.2. The third-order valence-electron chi connectivity index (χ3n) is 6.36. The Morgan fingerprint density at radius 3 is 2.48 bits per heavy atom. The van der Waals surface area contributed by atoms with Gasteiger partial charge in [-0.3, -0.25) is 0 Å². The summed E-state index contributed by atoms with van der Waals surface area (Å²) in [5.41, 5.74) is 5.77. The fourth-order valence-corrected chi connectivity index (χ4v) is 4.79. The van der Waals surface area contributed by atoms with Crippen LogP contribution in [0.4, 0.5) is 5.69 Å². The van der Waals surface area contributed by atoms with Crippen molar-refractivity contribution < 1.29 is 9.47 Å². The Balaban J connectivity index is 1.19. The molecule has 0 aliphatic carbocycles. The first-order valence-electron chi connectivity index (χ1n) is 11.1. The Morgan fingerprint density at radius 1 is 1.03 bits per heavy atom. The zero-order chi connectivity index (χ0) is 21.3. The van der Waals surface area contributed by atoms with Gasteiger partial charge in [-0.05, 0) is 36.2 Å². The summed E-state index contributed by atoms with van der Waals surface area (Å²) in [6, 6.07) is 12.7. The van der Waals surface area contributed by atoms with Crippen LogP contribution < -0.4 is 10.2 Å². The van der Waals surface area contributed by atoms with Crippen LogP contribution in [0.15, 0.2) is 42.6 Å². The Morgan fingerprint density at radius 2 is 1.77 bits per heavy atom. The van der Waals surface area contributed by atoms with Crippen LogP contribution in [0.25, 0.3) is 5.65 Å². The number of pyridine rings is 1. The summed E-state index contributed by atoms with van der Waals surface area (Å²) in [6.07, 6.45) is 4.70. The van der Waals surface area contributed by atoms with E-state index >= 15 is 0 Å². The number of benzene rings is 1. The Hall–Kier alpha value is -2.12. The summed E-state index contributed by atoms with van der Waals surface area (Å²) in [6.45, 7) is 7.08. The first kappa shape index (κ1) is 20.8. The minimum atomic E-state index is -0.320. The average molecular weight is 441 g/mol. The van der Waals surface area contributed by atoms with Crippen molar-refractivity contribution in [1.82, 2.24) is 14.7 Å². The average Bonchev–Trinajstić information content (AvgIpc) is 3.39. The Kier molecular flexibility index (Phi) is 5.89. The molecule has 4 heterocycles. The summed E-state index contributed by atoms with van der Waals surface area (Å²) in [5.74, 6) is -0.320. The molecule has 2 fully saturated rings. The number of nitrogens with zero attached hydrogens (tertiary/aromatic N) is 3. The van der Waals surface area contributed by atoms with Crippen molar-refractivity contribution >= 4 is 22.9 Å². The highest BCUT2D eigenvalue weighted by Gasteiger charge is 2.39. The van der Waals surface area contributed by atoms with Crippen molar-refractivity contribution in [3.63, 3.8) is 0 Å². The van der Waals surface area contributed by atoms with Gasteiger partial charge >= 0.3 is 0 Å². The van der Waals surface area contributed by atoms with Crippen molar-refractivity contribution in [2.75, 3.05) is 31.2 Å². The zero-order valence-corrected chi connectivity index (χ0v) is 18.7. The van der Waals surface area contributed by atoms with Crippen molar-refractivity contribution in [1.29, 1.82) is 0 Å². The lowest BCUT2D eigenvalue weighted by atomic mass is 10.0. The molecule has 2 aliphatic rings. The molecule has 0 amide bonds. The molecule has 31 heavy (non-hydrogen) atoms. The summed E-state index contributed by atoms with van der Waals surface area (Å²) in [5, 5.41) is 4.29. The first-order valence-corrected chi connectivity index (χ1v) is 11.5. The Bertz CT molecular complexity index is 1030. The summed E-state index contributed by atoms with van der Waals surface area (Å²) in [7, 11) is 0. The summed E-state index contributed by atoms with van der Waals surface area (Å²) >= 11 is 6.20. The molecule has 3 aromatic rings. The van der Waals surface area contributed by atoms with E-state index in [0.29, 0.717) is 0 Å². The monoisotopic (exact) mass is 440 g/mol. The van der Waals surface area contributed by atoms with E-state index in [4.69, 9.17) is 26.1 Å². The molecule has 164 valence electrons. The molecule has 0 unspecified atom stereocenters. The third kappa shape index (κ3) is 4.30. The molecule has 0 bridgehead atoms. The Labute approximate surface area is 188 Å². The van der Waals surface area contributed by atoms with Crippen molar-refractivity contribution in [2.45, 2.75) is 45.1 Å². The second-order valence-corrected chi connectivity index (χ2v) is 8.74. The van der Waals surface area contributed by atoms with E-state index < -0.39 is 0 Å². The topological polar surface area (TPSA) is 51.0 Å². The molecule has 5 rings (SSSR count). The highest BCUT2D eigenvalue weighted by atomic mass is 35.5. The summed E-state index contributed by atoms with van der Waals surface area (Å²) < 4.78 is 13.8. The smallest absolute Gasteiger partial charge is 0.171 e. The largest absolute Gasteiger partial charge is 0.371 e. The lowest BCUT2D eigenvalue weighted by Gasteiger charge is -2.38. The van der Waals surface area contributed by atoms with Gasteiger partial charge in [-0.1, -0.05) is 30.7 Å². The van der Waals surface area contributed by atoms with Crippen LogP contribution in [0.5, 0.6) is 0 Å². The molecule has 2 saturated heterocycles. The molecule has 1 N–H and O–H groups in total. The number of fused-ring (bicyclic) bond motifs is 1. The van der Waals surface area contributed by atoms with Gasteiger partial charge in [-0.25, -0.2) is 4.98 Å². The lowest BCUT2D eigenvalue weighted by molar-refractivity contribution is -0.169. The summed E-state index contributed by atoms with van der Waals surface area (Å²) in [4.78, 5) is 7.15. The van der Waals surface area contributed by atoms with Gasteiger partial charge in [-0.15, -0.1) is 0 Å². The SMILES string of the molecule is CCc1nc2ccc(Cl)cn2c1CNCc1ccc(N2CCC3(CC2)OCCO3)cc1. The maximum atomic E-state index is 6.20. The van der Waals surface area contributed by atoms with E-state index in [0.717, 1.165) is 75.0 Å². The van der Waals surface area contributed by atoms with Crippen LogP contribution >= 0.6 is 11.6 Å². The van der Waals surface area contributed by atoms with Gasteiger partial charge in [0.1, 0.15) is 5.65 Å². The number of aromatic nitrogens is 2. The molecule has 0 atom stereocenters. The van der Waals surface area contributed by atoms with Crippen LogP contribution in [-0.2, 0) is 29.0 Å². The van der Waals surface area contributed by atoms with Crippen LogP contribution in [0.3, 0.4) is 0 Å². The molecule has 1 spiro atoms. The predicted octanol–water partition coefficient (Wildman–Crippen LogP) is 4.18. The van der Waals surface area contributed by atoms with Crippen molar-refractivity contribution in [3.8, 4) is 0 Å². The second kappa shape index (κ2) is 8.79. The number of ether oxygens (including phenoxy) is 2. The quantitative estimate of drug-likeness (QED) is 0.623. The minimum absolute atomic E-state index is 0.320. The molecular formula is C24H29ClN4O2. The van der Waals surface area contributed by atoms with E-state index in [1.54, 1.807) is 0 Å². The van der Waals surface area contributed by atoms with Gasteiger partial charge in [0.2, 0.25) is 0 Å². The molecular weight excluding hydrogens is 412 g/mol. The minimum Gasteiger partial charge on any atom is -0.371 e. The normalized spacial score (nSPS) is 18.3. The van der Waals surface area contributed by atoms with E-state index in [1.807, 2.05) is 18.3 Å². The highest BCUT2D eigenvalue weighted by Crippen LogP contribution is 2.33. The van der Waals surface area contributed by atoms with Crippen molar-refractivity contribution in [3.05, 3.63) is 64.6 Å². The van der Waals surface area contributed by atoms with E-state index in [1.165, 1.54) is 16.9 Å². The molecule has 0 saturated carbocycles. The zero-order valence-electron chi connectivity index (χ0n) is 17.9. The van der Waals surface area contributed by atoms with Gasteiger partial charge in [0.15, 0.2) is 5.79 Å². The van der Waals surface area contributed by atoms with E-state index in [9.17, 15) is 0 Å². The molecule has 7 heteroatoms. The standard InChI is InChI=1S/C24H29ClN4O2/c1-2-21-22(29-17-19(25)5-8-23(29)27-21)16-26-15-18-3-6-20(7-4-18)28-11-9-24(10-12-28)30-13-14-31-24/h3-8,17,26H,2,9-16H2,1H3. The number of anilines is 1. The molecule has 1 aromatic carbocycles. The van der Waals surface area contributed by atoms with Crippen LogP contribution in [0, 0.1) is 0 Å². The highest BCUT2D eigenvalue weighted by molar-refractivity contribution is 6.30. The van der Waals surface area contributed by atoms with Gasteiger partial charge in [0.05, 0.1) is 29.6 Å². The molecule has 2 aliphatic heterocycles. The van der Waals surface area contributed by atoms with Crippen LogP contribution in [0.2, 0.25) is 5.02 Å². The van der Waals surface area contributed by atoms with Crippen LogP contribution in [-0.4, -0.2) is 41.5 Å². The third-order valence-corrected chi connectivity index (χ3v) is 6.58. The van der Waals surface area contributed by atoms with E-state index in [2.05, 4.69) is 45.8 Å². The maximum Gasteiger partial charge on any atom is 0.171 e. The maximum absolute atomic E-state index is 6.20. The lowest BCUT2D eigenvalue weighted by Crippen LogP contribution is -2.45. The number of hydrogen-bond acceptors (Lipinski definition) is 5. The molecule has 2 aromatic heterocycles. The second-order valence-electron chi connectivity index (χ2n) is 8.30. The molecule has 6 nitrogen and oxygen atoms in total. The number of rotatable bonds is 6. The van der Waals surface area contributed by atoms with E-state index in [-0.39, 0.29) is 5.79 Å². The number of piperidine rings is 1. The van der Waals surface area contributed by atoms with Gasteiger partial charge < -0.3 is 24.1 Å². The number of aryl methyl sites for hydroxylation is 1. The van der Waals surface area contributed by atoms with Gasteiger partial charge in [-0.2, -0.15) is 0 Å². The predicted molar refractivity (Wildman–Crippen MR) is 123 cm³/mol. The fraction of sp³-hybridized carbons (Fsp3) is 0.458.